The van der Waals surface area contributed by atoms with Gasteiger partial charge in [-0.1, -0.05) is 6.07 Å². The van der Waals surface area contributed by atoms with Gasteiger partial charge >= 0.3 is 0 Å². The van der Waals surface area contributed by atoms with Crippen LogP contribution in [0.25, 0.3) is 0 Å². The van der Waals surface area contributed by atoms with Gasteiger partial charge < -0.3 is 9.13 Å². The molecule has 0 aromatic carbocycles. The van der Waals surface area contributed by atoms with Crippen LogP contribution in [0.5, 0.6) is 0 Å². The number of hydrogen-bond donors (Lipinski definition) is 0. The van der Waals surface area contributed by atoms with Crippen LogP contribution in [0.1, 0.15) is 22.2 Å². The maximum absolute atomic E-state index is 2.22. The van der Waals surface area contributed by atoms with Crippen molar-refractivity contribution in [2.45, 2.75) is 5.92 Å². The molecule has 3 aromatic heterocycles. The molecule has 0 saturated carbocycles. The summed E-state index contributed by atoms with van der Waals surface area (Å²) >= 11 is 1.82. The van der Waals surface area contributed by atoms with Gasteiger partial charge in [-0.15, -0.1) is 11.3 Å². The minimum absolute atomic E-state index is 0.324. The first-order chi connectivity index (χ1) is 8.77. The van der Waals surface area contributed by atoms with E-state index in [4.69, 9.17) is 0 Å². The standard InChI is InChI=1S/C15H16N2S/c1-16-9-3-6-12(16)15(14-8-5-11-18-14)13-7-4-10-17(13)2/h3-11,15H,1-2H3. The third-order valence-corrected chi connectivity index (χ3v) is 4.32. The van der Waals surface area contributed by atoms with Gasteiger partial charge in [0.15, 0.2) is 0 Å². The molecule has 3 rings (SSSR count). The van der Waals surface area contributed by atoms with Gasteiger partial charge in [-0.25, -0.2) is 0 Å². The van der Waals surface area contributed by atoms with Crippen molar-refractivity contribution in [2.24, 2.45) is 14.1 Å². The van der Waals surface area contributed by atoms with Crippen LogP contribution in [0.2, 0.25) is 0 Å². The predicted molar refractivity (Wildman–Crippen MR) is 76.1 cm³/mol. The van der Waals surface area contributed by atoms with Crippen molar-refractivity contribution in [2.75, 3.05) is 0 Å². The van der Waals surface area contributed by atoms with Gasteiger partial charge in [0.05, 0.1) is 5.92 Å². The zero-order valence-electron chi connectivity index (χ0n) is 10.6. The zero-order chi connectivity index (χ0) is 12.5. The first kappa shape index (κ1) is 11.4. The highest BCUT2D eigenvalue weighted by Crippen LogP contribution is 2.34. The van der Waals surface area contributed by atoms with Crippen molar-refractivity contribution in [1.82, 2.24) is 9.13 Å². The lowest BCUT2D eigenvalue weighted by Crippen LogP contribution is -2.10. The summed E-state index contributed by atoms with van der Waals surface area (Å²) in [5.74, 6) is 0.324. The smallest absolute Gasteiger partial charge is 0.0738 e. The minimum Gasteiger partial charge on any atom is -0.354 e. The first-order valence-corrected chi connectivity index (χ1v) is 6.91. The van der Waals surface area contributed by atoms with E-state index in [0.29, 0.717) is 5.92 Å². The van der Waals surface area contributed by atoms with Gasteiger partial charge in [0.2, 0.25) is 0 Å². The van der Waals surface area contributed by atoms with Crippen molar-refractivity contribution < 1.29 is 0 Å². The molecular formula is C15H16N2S. The number of hydrogen-bond acceptors (Lipinski definition) is 1. The van der Waals surface area contributed by atoms with E-state index in [1.807, 2.05) is 11.3 Å². The summed E-state index contributed by atoms with van der Waals surface area (Å²) in [4.78, 5) is 1.39. The molecule has 0 unspecified atom stereocenters. The molecule has 3 heterocycles. The number of aromatic nitrogens is 2. The highest BCUT2D eigenvalue weighted by Gasteiger charge is 2.21. The molecule has 0 amide bonds. The van der Waals surface area contributed by atoms with E-state index in [2.05, 4.69) is 77.4 Å². The molecule has 0 atom stereocenters. The summed E-state index contributed by atoms with van der Waals surface area (Å²) in [7, 11) is 4.22. The minimum atomic E-state index is 0.324. The Kier molecular flexibility index (Phi) is 2.84. The Bertz CT molecular complexity index is 591. The molecule has 0 aliphatic rings. The fraction of sp³-hybridized carbons (Fsp3) is 0.200. The fourth-order valence-corrected chi connectivity index (χ4v) is 3.30. The van der Waals surface area contributed by atoms with E-state index in [-0.39, 0.29) is 0 Å². The molecule has 0 N–H and O–H groups in total. The molecule has 0 aliphatic carbocycles. The Balaban J connectivity index is 2.17. The highest BCUT2D eigenvalue weighted by atomic mass is 32.1. The molecule has 0 spiro atoms. The second-order valence-electron chi connectivity index (χ2n) is 4.54. The normalized spacial score (nSPS) is 11.3. The second kappa shape index (κ2) is 4.50. The van der Waals surface area contributed by atoms with Crippen LogP contribution in [-0.2, 0) is 14.1 Å². The lowest BCUT2D eigenvalue weighted by Gasteiger charge is -2.18. The van der Waals surface area contributed by atoms with Gasteiger partial charge in [0.25, 0.3) is 0 Å². The number of nitrogens with zero attached hydrogens (tertiary/aromatic N) is 2. The maximum Gasteiger partial charge on any atom is 0.0738 e. The molecule has 0 bridgehead atoms. The summed E-state index contributed by atoms with van der Waals surface area (Å²) < 4.78 is 4.41. The summed E-state index contributed by atoms with van der Waals surface area (Å²) in [6, 6.07) is 13.0. The van der Waals surface area contributed by atoms with E-state index >= 15 is 0 Å². The van der Waals surface area contributed by atoms with E-state index in [9.17, 15) is 0 Å². The van der Waals surface area contributed by atoms with Gasteiger partial charge in [0.1, 0.15) is 0 Å². The van der Waals surface area contributed by atoms with Crippen LogP contribution >= 0.6 is 11.3 Å². The largest absolute Gasteiger partial charge is 0.354 e. The molecule has 3 aromatic rings. The van der Waals surface area contributed by atoms with Crippen LogP contribution in [0.15, 0.2) is 54.2 Å². The van der Waals surface area contributed by atoms with Crippen LogP contribution in [0, 0.1) is 0 Å². The fourth-order valence-electron chi connectivity index (χ4n) is 2.45. The van der Waals surface area contributed by atoms with Gasteiger partial charge in [-0.3, -0.25) is 0 Å². The van der Waals surface area contributed by atoms with Gasteiger partial charge in [-0.05, 0) is 35.7 Å². The molecule has 0 radical (unpaired) electrons. The van der Waals surface area contributed by atoms with Gasteiger partial charge in [-0.2, -0.15) is 0 Å². The van der Waals surface area contributed by atoms with E-state index in [0.717, 1.165) is 0 Å². The summed E-state index contributed by atoms with van der Waals surface area (Å²) in [5.41, 5.74) is 2.67. The average Bonchev–Trinajstić information content (AvgIpc) is 3.05. The third-order valence-electron chi connectivity index (χ3n) is 3.39. The predicted octanol–water partition coefficient (Wildman–Crippen LogP) is 3.61. The Morgan fingerprint density at radius 2 is 1.50 bits per heavy atom. The lowest BCUT2D eigenvalue weighted by atomic mass is 9.99. The SMILES string of the molecule is Cn1cccc1C(c1cccs1)c1cccn1C. The lowest BCUT2D eigenvalue weighted by molar-refractivity contribution is 0.742. The highest BCUT2D eigenvalue weighted by molar-refractivity contribution is 7.10. The van der Waals surface area contributed by atoms with Crippen molar-refractivity contribution in [1.29, 1.82) is 0 Å². The number of rotatable bonds is 3. The first-order valence-electron chi connectivity index (χ1n) is 6.03. The van der Waals surface area contributed by atoms with Crippen LogP contribution in [-0.4, -0.2) is 9.13 Å². The van der Waals surface area contributed by atoms with Crippen LogP contribution in [0.4, 0.5) is 0 Å². The molecule has 3 heteroatoms. The Labute approximate surface area is 111 Å². The second-order valence-corrected chi connectivity index (χ2v) is 5.52. The quantitative estimate of drug-likeness (QED) is 0.677. The van der Waals surface area contributed by atoms with Crippen molar-refractivity contribution in [3.63, 3.8) is 0 Å². The van der Waals surface area contributed by atoms with Crippen molar-refractivity contribution in [3.8, 4) is 0 Å². The number of thiophene rings is 1. The molecule has 18 heavy (non-hydrogen) atoms. The van der Waals surface area contributed by atoms with Gasteiger partial charge in [0, 0.05) is 42.8 Å². The van der Waals surface area contributed by atoms with Crippen LogP contribution in [0.3, 0.4) is 0 Å². The monoisotopic (exact) mass is 256 g/mol. The van der Waals surface area contributed by atoms with E-state index in [1.54, 1.807) is 0 Å². The molecule has 92 valence electrons. The summed E-state index contributed by atoms with van der Waals surface area (Å²) in [5, 5.41) is 2.15. The molecule has 0 saturated heterocycles. The third kappa shape index (κ3) is 1.81. The van der Waals surface area contributed by atoms with Crippen molar-refractivity contribution in [3.05, 3.63) is 70.4 Å². The Morgan fingerprint density at radius 3 is 1.89 bits per heavy atom. The summed E-state index contributed by atoms with van der Waals surface area (Å²) in [6.45, 7) is 0. The molecule has 0 aliphatic heterocycles. The maximum atomic E-state index is 2.22. The molecular weight excluding hydrogens is 240 g/mol. The van der Waals surface area contributed by atoms with Crippen LogP contribution < -0.4 is 0 Å². The van der Waals surface area contributed by atoms with E-state index in [1.165, 1.54) is 16.3 Å². The number of aryl methyl sites for hydroxylation is 2. The molecule has 0 fully saturated rings. The Hall–Kier alpha value is -1.74. The topological polar surface area (TPSA) is 9.86 Å². The average molecular weight is 256 g/mol. The van der Waals surface area contributed by atoms with Crippen molar-refractivity contribution >= 4 is 11.3 Å². The van der Waals surface area contributed by atoms with E-state index < -0.39 is 0 Å². The zero-order valence-corrected chi connectivity index (χ0v) is 11.4. The molecule has 2 nitrogen and oxygen atoms in total. The Morgan fingerprint density at radius 1 is 0.889 bits per heavy atom. The summed E-state index contributed by atoms with van der Waals surface area (Å²) in [6.07, 6.45) is 4.22.